The van der Waals surface area contributed by atoms with Crippen LogP contribution >= 0.6 is 0 Å². The van der Waals surface area contributed by atoms with Gasteiger partial charge in [0.2, 0.25) is 0 Å². The third-order valence-electron chi connectivity index (χ3n) is 4.08. The Hall–Kier alpha value is -1.16. The van der Waals surface area contributed by atoms with Gasteiger partial charge in [-0.15, -0.1) is 0 Å². The summed E-state index contributed by atoms with van der Waals surface area (Å²) >= 11 is 0. The maximum absolute atomic E-state index is 9.35. The van der Waals surface area contributed by atoms with E-state index in [0.717, 1.165) is 39.1 Å². The first-order chi connectivity index (χ1) is 9.83. The van der Waals surface area contributed by atoms with Gasteiger partial charge in [0.15, 0.2) is 0 Å². The van der Waals surface area contributed by atoms with E-state index < -0.39 is 0 Å². The van der Waals surface area contributed by atoms with Crippen LogP contribution in [0.4, 0.5) is 0 Å². The van der Waals surface area contributed by atoms with E-state index in [2.05, 4.69) is 53.1 Å². The van der Waals surface area contributed by atoms with Gasteiger partial charge in [0.05, 0.1) is 6.61 Å². The van der Waals surface area contributed by atoms with E-state index in [-0.39, 0.29) is 6.61 Å². The number of hydrogen-bond acceptors (Lipinski definition) is 3. The lowest BCUT2D eigenvalue weighted by molar-refractivity contribution is 0.0681. The van der Waals surface area contributed by atoms with Crippen molar-refractivity contribution in [1.82, 2.24) is 9.80 Å². The lowest BCUT2D eigenvalue weighted by Gasteiger charge is -2.38. The van der Waals surface area contributed by atoms with Gasteiger partial charge < -0.3 is 5.11 Å². The molecule has 0 amide bonds. The Labute approximate surface area is 122 Å². The summed E-state index contributed by atoms with van der Waals surface area (Å²) in [5.74, 6) is 0. The Kier molecular flexibility index (Phi) is 6.25. The summed E-state index contributed by atoms with van der Waals surface area (Å²) in [5, 5.41) is 9.35. The molecule has 0 spiro atoms. The topological polar surface area (TPSA) is 26.7 Å². The predicted octanol–water partition coefficient (Wildman–Crippen LogP) is 2.09. The average molecular weight is 274 g/mol. The quantitative estimate of drug-likeness (QED) is 0.860. The lowest BCUT2D eigenvalue weighted by atomic mass is 10.1. The molecule has 1 aromatic carbocycles. The standard InChI is InChI=1S/C17H26N2O/c1-2-17(15-20)19-13-11-18(12-14-19)10-6-9-16-7-4-3-5-8-16/h3-9,17,20H,2,10-15H2,1H3/b9-6+. The van der Waals surface area contributed by atoms with Crippen molar-refractivity contribution in [3.63, 3.8) is 0 Å². The fourth-order valence-corrected chi connectivity index (χ4v) is 2.72. The normalized spacial score (nSPS) is 19.5. The number of aliphatic hydroxyl groups excluding tert-OH is 1. The van der Waals surface area contributed by atoms with Crippen LogP contribution in [0.2, 0.25) is 0 Å². The van der Waals surface area contributed by atoms with Crippen molar-refractivity contribution in [2.24, 2.45) is 0 Å². The van der Waals surface area contributed by atoms with Gasteiger partial charge in [0, 0.05) is 38.8 Å². The molecule has 0 saturated carbocycles. The first-order valence-electron chi connectivity index (χ1n) is 7.62. The number of piperazine rings is 1. The largest absolute Gasteiger partial charge is 0.395 e. The second-order valence-corrected chi connectivity index (χ2v) is 5.39. The molecule has 1 saturated heterocycles. The Morgan fingerprint density at radius 2 is 1.85 bits per heavy atom. The third kappa shape index (κ3) is 4.44. The van der Waals surface area contributed by atoms with Crippen LogP contribution in [0, 0.1) is 0 Å². The summed E-state index contributed by atoms with van der Waals surface area (Å²) < 4.78 is 0. The van der Waals surface area contributed by atoms with Crippen LogP contribution in [-0.4, -0.2) is 60.3 Å². The van der Waals surface area contributed by atoms with Gasteiger partial charge in [-0.1, -0.05) is 49.4 Å². The fraction of sp³-hybridized carbons (Fsp3) is 0.529. The van der Waals surface area contributed by atoms with Crippen molar-refractivity contribution < 1.29 is 5.11 Å². The van der Waals surface area contributed by atoms with Crippen molar-refractivity contribution >= 4 is 6.08 Å². The average Bonchev–Trinajstić information content (AvgIpc) is 2.51. The molecule has 1 unspecified atom stereocenters. The van der Waals surface area contributed by atoms with Crippen LogP contribution in [0.3, 0.4) is 0 Å². The lowest BCUT2D eigenvalue weighted by Crippen LogP contribution is -2.51. The molecule has 3 heteroatoms. The molecule has 1 atom stereocenters. The molecule has 1 aliphatic heterocycles. The Bertz CT molecular complexity index is 393. The molecule has 110 valence electrons. The molecular weight excluding hydrogens is 248 g/mol. The summed E-state index contributed by atoms with van der Waals surface area (Å²) in [6.45, 7) is 7.76. The van der Waals surface area contributed by atoms with Crippen LogP contribution in [-0.2, 0) is 0 Å². The van der Waals surface area contributed by atoms with Gasteiger partial charge in [-0.2, -0.15) is 0 Å². The van der Waals surface area contributed by atoms with E-state index in [0.29, 0.717) is 6.04 Å². The molecule has 1 aliphatic rings. The SMILES string of the molecule is CCC(CO)N1CCN(C/C=C/c2ccccc2)CC1. The number of nitrogens with zero attached hydrogens (tertiary/aromatic N) is 2. The molecule has 2 rings (SSSR count). The Morgan fingerprint density at radius 1 is 1.15 bits per heavy atom. The monoisotopic (exact) mass is 274 g/mol. The minimum Gasteiger partial charge on any atom is -0.395 e. The van der Waals surface area contributed by atoms with E-state index in [1.54, 1.807) is 0 Å². The molecule has 1 aromatic rings. The third-order valence-corrected chi connectivity index (χ3v) is 4.08. The van der Waals surface area contributed by atoms with Crippen molar-refractivity contribution in [1.29, 1.82) is 0 Å². The summed E-state index contributed by atoms with van der Waals surface area (Å²) in [7, 11) is 0. The number of hydrogen-bond donors (Lipinski definition) is 1. The number of aliphatic hydroxyl groups is 1. The minimum absolute atomic E-state index is 0.282. The minimum atomic E-state index is 0.282. The summed E-state index contributed by atoms with van der Waals surface area (Å²) in [4.78, 5) is 4.89. The molecule has 0 aromatic heterocycles. The zero-order valence-electron chi connectivity index (χ0n) is 12.4. The zero-order chi connectivity index (χ0) is 14.2. The maximum atomic E-state index is 9.35. The molecule has 1 fully saturated rings. The van der Waals surface area contributed by atoms with Crippen molar-refractivity contribution in [2.45, 2.75) is 19.4 Å². The predicted molar refractivity (Wildman–Crippen MR) is 84.7 cm³/mol. The highest BCUT2D eigenvalue weighted by Crippen LogP contribution is 2.09. The van der Waals surface area contributed by atoms with Gasteiger partial charge in [-0.3, -0.25) is 9.80 Å². The first kappa shape index (κ1) is 15.2. The van der Waals surface area contributed by atoms with E-state index in [4.69, 9.17) is 0 Å². The molecular formula is C17H26N2O. The molecule has 1 heterocycles. The number of benzene rings is 1. The van der Waals surface area contributed by atoms with Gasteiger partial charge in [0.25, 0.3) is 0 Å². The smallest absolute Gasteiger partial charge is 0.0586 e. The van der Waals surface area contributed by atoms with Crippen molar-refractivity contribution in [2.75, 3.05) is 39.3 Å². The van der Waals surface area contributed by atoms with Crippen molar-refractivity contribution in [3.05, 3.63) is 42.0 Å². The van der Waals surface area contributed by atoms with E-state index in [1.807, 2.05) is 6.07 Å². The Balaban J connectivity index is 1.73. The molecule has 0 radical (unpaired) electrons. The van der Waals surface area contributed by atoms with E-state index in [9.17, 15) is 5.11 Å². The van der Waals surface area contributed by atoms with Gasteiger partial charge in [-0.25, -0.2) is 0 Å². The van der Waals surface area contributed by atoms with Crippen LogP contribution in [0.1, 0.15) is 18.9 Å². The first-order valence-corrected chi connectivity index (χ1v) is 7.62. The highest BCUT2D eigenvalue weighted by atomic mass is 16.3. The second-order valence-electron chi connectivity index (χ2n) is 5.39. The molecule has 0 aliphatic carbocycles. The van der Waals surface area contributed by atoms with Crippen LogP contribution in [0.5, 0.6) is 0 Å². The second kappa shape index (κ2) is 8.20. The summed E-state index contributed by atoms with van der Waals surface area (Å²) in [6, 6.07) is 10.8. The zero-order valence-corrected chi connectivity index (χ0v) is 12.4. The molecule has 20 heavy (non-hydrogen) atoms. The van der Waals surface area contributed by atoms with Crippen LogP contribution in [0.15, 0.2) is 36.4 Å². The number of rotatable bonds is 6. The van der Waals surface area contributed by atoms with E-state index >= 15 is 0 Å². The van der Waals surface area contributed by atoms with Crippen LogP contribution in [0.25, 0.3) is 6.08 Å². The summed E-state index contributed by atoms with van der Waals surface area (Å²) in [6.07, 6.45) is 5.47. The molecule has 0 bridgehead atoms. The highest BCUT2D eigenvalue weighted by Gasteiger charge is 2.21. The summed E-state index contributed by atoms with van der Waals surface area (Å²) in [5.41, 5.74) is 1.26. The fourth-order valence-electron chi connectivity index (χ4n) is 2.72. The Morgan fingerprint density at radius 3 is 2.45 bits per heavy atom. The van der Waals surface area contributed by atoms with Crippen molar-refractivity contribution in [3.8, 4) is 0 Å². The van der Waals surface area contributed by atoms with Crippen LogP contribution < -0.4 is 0 Å². The van der Waals surface area contributed by atoms with E-state index in [1.165, 1.54) is 5.56 Å². The highest BCUT2D eigenvalue weighted by molar-refractivity contribution is 5.48. The van der Waals surface area contributed by atoms with Gasteiger partial charge >= 0.3 is 0 Å². The molecule has 3 nitrogen and oxygen atoms in total. The molecule has 1 N–H and O–H groups in total. The maximum Gasteiger partial charge on any atom is 0.0586 e. The van der Waals surface area contributed by atoms with Gasteiger partial charge in [0.1, 0.15) is 0 Å². The van der Waals surface area contributed by atoms with Gasteiger partial charge in [-0.05, 0) is 12.0 Å².